The summed E-state index contributed by atoms with van der Waals surface area (Å²) in [4.78, 5) is 32.4. The van der Waals surface area contributed by atoms with Crippen molar-refractivity contribution >= 4 is 23.3 Å². The summed E-state index contributed by atoms with van der Waals surface area (Å²) in [5, 5.41) is 16.2. The number of rotatable bonds is 6. The SMILES string of the molecule is COC(=O)c1cc([N+](=O)[O-])ccc1NCCNC(C)=O. The van der Waals surface area contributed by atoms with E-state index >= 15 is 0 Å². The Morgan fingerprint density at radius 1 is 1.35 bits per heavy atom. The third kappa shape index (κ3) is 4.23. The number of amides is 1. The van der Waals surface area contributed by atoms with Gasteiger partial charge in [0.05, 0.1) is 17.6 Å². The fraction of sp³-hybridized carbons (Fsp3) is 0.333. The molecule has 0 aliphatic carbocycles. The van der Waals surface area contributed by atoms with Crippen LogP contribution in [-0.4, -0.2) is 37.0 Å². The number of non-ortho nitro benzene ring substituents is 1. The van der Waals surface area contributed by atoms with E-state index in [2.05, 4.69) is 15.4 Å². The lowest BCUT2D eigenvalue weighted by atomic mass is 10.1. The van der Waals surface area contributed by atoms with Crippen LogP contribution in [-0.2, 0) is 9.53 Å². The Kier molecular flexibility index (Phi) is 5.45. The molecule has 1 aromatic carbocycles. The molecule has 0 aliphatic rings. The number of carbonyl (C=O) groups excluding carboxylic acids is 2. The smallest absolute Gasteiger partial charge is 0.340 e. The number of nitro groups is 1. The predicted molar refractivity (Wildman–Crippen MR) is 71.6 cm³/mol. The van der Waals surface area contributed by atoms with E-state index < -0.39 is 10.9 Å². The van der Waals surface area contributed by atoms with E-state index in [0.717, 1.165) is 6.07 Å². The molecule has 20 heavy (non-hydrogen) atoms. The van der Waals surface area contributed by atoms with Crippen LogP contribution in [0.4, 0.5) is 11.4 Å². The van der Waals surface area contributed by atoms with Gasteiger partial charge in [-0.05, 0) is 6.07 Å². The lowest BCUT2D eigenvalue weighted by Gasteiger charge is -2.10. The van der Waals surface area contributed by atoms with E-state index in [1.54, 1.807) is 0 Å². The van der Waals surface area contributed by atoms with Crippen LogP contribution >= 0.6 is 0 Å². The molecular formula is C12H15N3O5. The van der Waals surface area contributed by atoms with Gasteiger partial charge < -0.3 is 15.4 Å². The molecule has 108 valence electrons. The fourth-order valence-corrected chi connectivity index (χ4v) is 1.51. The third-order valence-corrected chi connectivity index (χ3v) is 2.43. The van der Waals surface area contributed by atoms with Crippen molar-refractivity contribution in [3.8, 4) is 0 Å². The number of nitro benzene ring substituents is 1. The number of hydrogen-bond acceptors (Lipinski definition) is 6. The number of hydrogen-bond donors (Lipinski definition) is 2. The molecule has 0 saturated heterocycles. The molecule has 8 heteroatoms. The summed E-state index contributed by atoms with van der Waals surface area (Å²) in [7, 11) is 1.20. The molecule has 0 spiro atoms. The van der Waals surface area contributed by atoms with Crippen molar-refractivity contribution in [1.29, 1.82) is 0 Å². The normalized spacial score (nSPS) is 9.70. The predicted octanol–water partition coefficient (Wildman–Crippen LogP) is 0.929. The maximum absolute atomic E-state index is 11.6. The number of anilines is 1. The molecule has 0 bridgehead atoms. The zero-order chi connectivity index (χ0) is 15.1. The summed E-state index contributed by atoms with van der Waals surface area (Å²) in [5.41, 5.74) is 0.287. The highest BCUT2D eigenvalue weighted by molar-refractivity contribution is 5.96. The van der Waals surface area contributed by atoms with Crippen LogP contribution in [0.15, 0.2) is 18.2 Å². The van der Waals surface area contributed by atoms with E-state index in [1.807, 2.05) is 0 Å². The van der Waals surface area contributed by atoms with Crippen molar-refractivity contribution in [2.45, 2.75) is 6.92 Å². The molecule has 0 saturated carbocycles. The van der Waals surface area contributed by atoms with Crippen LogP contribution < -0.4 is 10.6 Å². The average molecular weight is 281 g/mol. The van der Waals surface area contributed by atoms with Gasteiger partial charge in [-0.25, -0.2) is 4.79 Å². The summed E-state index contributed by atoms with van der Waals surface area (Å²) in [6, 6.07) is 3.86. The van der Waals surface area contributed by atoms with E-state index in [1.165, 1.54) is 26.2 Å². The zero-order valence-electron chi connectivity index (χ0n) is 11.1. The molecule has 8 nitrogen and oxygen atoms in total. The Balaban J connectivity index is 2.86. The second-order valence-corrected chi connectivity index (χ2v) is 3.89. The Bertz CT molecular complexity index is 530. The highest BCUT2D eigenvalue weighted by atomic mass is 16.6. The second kappa shape index (κ2) is 7.07. The van der Waals surface area contributed by atoms with Gasteiger partial charge in [-0.2, -0.15) is 0 Å². The summed E-state index contributed by atoms with van der Waals surface area (Å²) in [5.74, 6) is -0.834. The highest BCUT2D eigenvalue weighted by Gasteiger charge is 2.16. The Labute approximate surface area is 115 Å². The lowest BCUT2D eigenvalue weighted by Crippen LogP contribution is -2.26. The monoisotopic (exact) mass is 281 g/mol. The Morgan fingerprint density at radius 2 is 2.05 bits per heavy atom. The fourth-order valence-electron chi connectivity index (χ4n) is 1.51. The van der Waals surface area contributed by atoms with Gasteiger partial charge in [0.15, 0.2) is 0 Å². The lowest BCUT2D eigenvalue weighted by molar-refractivity contribution is -0.384. The van der Waals surface area contributed by atoms with Gasteiger partial charge in [-0.1, -0.05) is 0 Å². The third-order valence-electron chi connectivity index (χ3n) is 2.43. The average Bonchev–Trinajstić information content (AvgIpc) is 2.42. The molecule has 0 unspecified atom stereocenters. The first kappa shape index (κ1) is 15.4. The minimum atomic E-state index is -0.671. The van der Waals surface area contributed by atoms with E-state index in [4.69, 9.17) is 0 Å². The van der Waals surface area contributed by atoms with Gasteiger partial charge in [0, 0.05) is 37.8 Å². The number of nitrogens with one attached hydrogen (secondary N) is 2. The maximum Gasteiger partial charge on any atom is 0.340 e. The minimum absolute atomic E-state index is 0.0736. The molecule has 1 amide bonds. The summed E-state index contributed by atoms with van der Waals surface area (Å²) < 4.78 is 4.58. The van der Waals surface area contributed by atoms with Crippen LogP contribution in [0.2, 0.25) is 0 Å². The first-order chi connectivity index (χ1) is 9.45. The molecule has 1 rings (SSSR count). The van der Waals surface area contributed by atoms with Crippen molar-refractivity contribution in [3.63, 3.8) is 0 Å². The minimum Gasteiger partial charge on any atom is -0.465 e. The first-order valence-corrected chi connectivity index (χ1v) is 5.80. The van der Waals surface area contributed by atoms with Crippen molar-refractivity contribution in [1.82, 2.24) is 5.32 Å². The van der Waals surface area contributed by atoms with Gasteiger partial charge in [-0.3, -0.25) is 14.9 Å². The molecule has 1 aromatic rings. The second-order valence-electron chi connectivity index (χ2n) is 3.89. The van der Waals surface area contributed by atoms with Crippen molar-refractivity contribution in [2.75, 3.05) is 25.5 Å². The molecule has 0 radical (unpaired) electrons. The van der Waals surface area contributed by atoms with Crippen molar-refractivity contribution < 1.29 is 19.2 Å². The van der Waals surface area contributed by atoms with Gasteiger partial charge in [-0.15, -0.1) is 0 Å². The maximum atomic E-state index is 11.6. The number of carbonyl (C=O) groups is 2. The first-order valence-electron chi connectivity index (χ1n) is 5.80. The standard InChI is InChI=1S/C12H15N3O5/c1-8(16)13-5-6-14-11-4-3-9(15(18)19)7-10(11)12(17)20-2/h3-4,7,14H,5-6H2,1-2H3,(H,13,16). The van der Waals surface area contributed by atoms with Gasteiger partial charge in [0.25, 0.3) is 5.69 Å². The molecule has 0 atom stereocenters. The quantitative estimate of drug-likeness (QED) is 0.347. The Morgan fingerprint density at radius 3 is 2.60 bits per heavy atom. The molecule has 0 aromatic heterocycles. The largest absolute Gasteiger partial charge is 0.465 e. The van der Waals surface area contributed by atoms with Gasteiger partial charge >= 0.3 is 5.97 Å². The number of methoxy groups -OCH3 is 1. The van der Waals surface area contributed by atoms with E-state index in [-0.39, 0.29) is 17.2 Å². The highest BCUT2D eigenvalue weighted by Crippen LogP contribution is 2.22. The number of ether oxygens (including phenoxy) is 1. The molecule has 2 N–H and O–H groups in total. The van der Waals surface area contributed by atoms with Crippen molar-refractivity contribution in [2.24, 2.45) is 0 Å². The Hall–Kier alpha value is -2.64. The van der Waals surface area contributed by atoms with E-state index in [0.29, 0.717) is 18.8 Å². The summed E-state index contributed by atoms with van der Waals surface area (Å²) in [6.07, 6.45) is 0. The molecule has 0 fully saturated rings. The summed E-state index contributed by atoms with van der Waals surface area (Å²) >= 11 is 0. The summed E-state index contributed by atoms with van der Waals surface area (Å²) in [6.45, 7) is 2.14. The van der Waals surface area contributed by atoms with Crippen molar-refractivity contribution in [3.05, 3.63) is 33.9 Å². The molecular weight excluding hydrogens is 266 g/mol. The number of esters is 1. The van der Waals surface area contributed by atoms with Crippen LogP contribution in [0.1, 0.15) is 17.3 Å². The zero-order valence-corrected chi connectivity index (χ0v) is 11.1. The number of benzene rings is 1. The molecule has 0 aliphatic heterocycles. The van der Waals surface area contributed by atoms with E-state index in [9.17, 15) is 19.7 Å². The molecule has 0 heterocycles. The topological polar surface area (TPSA) is 111 Å². The van der Waals surface area contributed by atoms with Crippen LogP contribution in [0, 0.1) is 10.1 Å². The van der Waals surface area contributed by atoms with Gasteiger partial charge in [0.2, 0.25) is 5.91 Å². The van der Waals surface area contributed by atoms with Crippen LogP contribution in [0.25, 0.3) is 0 Å². The number of nitrogens with zero attached hydrogens (tertiary/aromatic N) is 1. The van der Waals surface area contributed by atoms with Gasteiger partial charge in [0.1, 0.15) is 0 Å². The van der Waals surface area contributed by atoms with Crippen LogP contribution in [0.5, 0.6) is 0 Å². The van der Waals surface area contributed by atoms with Crippen LogP contribution in [0.3, 0.4) is 0 Å².